The second kappa shape index (κ2) is 4.19. The SMILES string of the molecule is C=C[C@H]1COC(=O)[C@@H]1c1cccc(Br)c1. The fourth-order valence-corrected chi connectivity index (χ4v) is 2.24. The maximum absolute atomic E-state index is 11.6. The second-order valence-electron chi connectivity index (χ2n) is 3.56. The number of cyclic esters (lactones) is 1. The molecule has 1 aromatic rings. The minimum atomic E-state index is -0.194. The van der Waals surface area contributed by atoms with Crippen LogP contribution in [-0.2, 0) is 9.53 Å². The summed E-state index contributed by atoms with van der Waals surface area (Å²) in [6.07, 6.45) is 1.79. The fraction of sp³-hybridized carbons (Fsp3) is 0.250. The predicted molar refractivity (Wildman–Crippen MR) is 61.5 cm³/mol. The van der Waals surface area contributed by atoms with Gasteiger partial charge in [-0.2, -0.15) is 0 Å². The van der Waals surface area contributed by atoms with Gasteiger partial charge in [-0.25, -0.2) is 0 Å². The molecule has 0 spiro atoms. The molecule has 1 fully saturated rings. The van der Waals surface area contributed by atoms with Crippen LogP contribution in [0.4, 0.5) is 0 Å². The van der Waals surface area contributed by atoms with Crippen molar-refractivity contribution in [3.8, 4) is 0 Å². The Balaban J connectivity index is 2.36. The van der Waals surface area contributed by atoms with Gasteiger partial charge in [0.1, 0.15) is 0 Å². The first kappa shape index (κ1) is 10.4. The van der Waals surface area contributed by atoms with E-state index in [1.807, 2.05) is 24.3 Å². The van der Waals surface area contributed by atoms with E-state index < -0.39 is 0 Å². The van der Waals surface area contributed by atoms with E-state index in [0.717, 1.165) is 10.0 Å². The van der Waals surface area contributed by atoms with Crippen LogP contribution in [0.1, 0.15) is 11.5 Å². The minimum Gasteiger partial charge on any atom is -0.465 e. The zero-order valence-corrected chi connectivity index (χ0v) is 9.74. The van der Waals surface area contributed by atoms with Gasteiger partial charge >= 0.3 is 5.97 Å². The van der Waals surface area contributed by atoms with Crippen LogP contribution in [0.3, 0.4) is 0 Å². The van der Waals surface area contributed by atoms with E-state index >= 15 is 0 Å². The van der Waals surface area contributed by atoms with Gasteiger partial charge in [0.25, 0.3) is 0 Å². The Morgan fingerprint density at radius 2 is 2.33 bits per heavy atom. The highest BCUT2D eigenvalue weighted by Crippen LogP contribution is 2.33. The van der Waals surface area contributed by atoms with Crippen molar-refractivity contribution < 1.29 is 9.53 Å². The smallest absolute Gasteiger partial charge is 0.314 e. The third-order valence-corrected chi connectivity index (χ3v) is 3.10. The number of hydrogen-bond donors (Lipinski definition) is 0. The molecule has 2 nitrogen and oxygen atoms in total. The molecule has 3 heteroatoms. The lowest BCUT2D eigenvalue weighted by atomic mass is 9.89. The Kier molecular flexibility index (Phi) is 2.91. The standard InChI is InChI=1S/C12H11BrO2/c1-2-8-7-15-12(14)11(8)9-4-3-5-10(13)6-9/h2-6,8,11H,1,7H2/t8-,11-/m0/s1. The zero-order chi connectivity index (χ0) is 10.8. The van der Waals surface area contributed by atoms with Gasteiger partial charge in [-0.1, -0.05) is 34.1 Å². The highest BCUT2D eigenvalue weighted by molar-refractivity contribution is 9.10. The van der Waals surface area contributed by atoms with Crippen molar-refractivity contribution in [1.82, 2.24) is 0 Å². The molecule has 15 heavy (non-hydrogen) atoms. The molecule has 0 bridgehead atoms. The monoisotopic (exact) mass is 266 g/mol. The van der Waals surface area contributed by atoms with Crippen LogP contribution in [-0.4, -0.2) is 12.6 Å². The normalized spacial score (nSPS) is 25.0. The summed E-state index contributed by atoms with van der Waals surface area (Å²) in [7, 11) is 0. The van der Waals surface area contributed by atoms with E-state index in [9.17, 15) is 4.79 Å². The Hall–Kier alpha value is -1.09. The molecule has 1 aliphatic rings. The topological polar surface area (TPSA) is 26.3 Å². The molecule has 0 aromatic heterocycles. The number of carbonyl (C=O) groups is 1. The molecule has 1 heterocycles. The molecule has 0 amide bonds. The average molecular weight is 267 g/mol. The zero-order valence-electron chi connectivity index (χ0n) is 8.15. The molecule has 78 valence electrons. The van der Waals surface area contributed by atoms with Crippen LogP contribution >= 0.6 is 15.9 Å². The van der Waals surface area contributed by atoms with Gasteiger partial charge in [0.15, 0.2) is 0 Å². The first-order valence-electron chi connectivity index (χ1n) is 4.77. The molecule has 2 atom stereocenters. The van der Waals surface area contributed by atoms with Crippen LogP contribution in [0, 0.1) is 5.92 Å². The number of ether oxygens (including phenoxy) is 1. The number of hydrogen-bond acceptors (Lipinski definition) is 2. The van der Waals surface area contributed by atoms with E-state index in [-0.39, 0.29) is 17.8 Å². The largest absolute Gasteiger partial charge is 0.465 e. The van der Waals surface area contributed by atoms with Crippen molar-refractivity contribution in [2.75, 3.05) is 6.61 Å². The number of halogens is 1. The Bertz CT molecular complexity index is 400. The Morgan fingerprint density at radius 3 is 3.00 bits per heavy atom. The molecular formula is C12H11BrO2. The quantitative estimate of drug-likeness (QED) is 0.608. The number of benzene rings is 1. The van der Waals surface area contributed by atoms with Gasteiger partial charge in [-0.3, -0.25) is 4.79 Å². The molecule has 1 aromatic carbocycles. The fourth-order valence-electron chi connectivity index (χ4n) is 1.83. The molecule has 0 saturated carbocycles. The van der Waals surface area contributed by atoms with E-state index in [1.54, 1.807) is 6.08 Å². The van der Waals surface area contributed by atoms with E-state index in [0.29, 0.717) is 6.61 Å². The van der Waals surface area contributed by atoms with Crippen molar-refractivity contribution >= 4 is 21.9 Å². The van der Waals surface area contributed by atoms with Crippen LogP contribution in [0.25, 0.3) is 0 Å². The maximum Gasteiger partial charge on any atom is 0.314 e. The summed E-state index contributed by atoms with van der Waals surface area (Å²) >= 11 is 3.39. The van der Waals surface area contributed by atoms with E-state index in [1.165, 1.54) is 0 Å². The average Bonchev–Trinajstić information content (AvgIpc) is 2.59. The van der Waals surface area contributed by atoms with E-state index in [2.05, 4.69) is 22.5 Å². The maximum atomic E-state index is 11.6. The lowest BCUT2D eigenvalue weighted by molar-refractivity contribution is -0.139. The first-order valence-corrected chi connectivity index (χ1v) is 5.56. The number of carbonyl (C=O) groups excluding carboxylic acids is 1. The summed E-state index contributed by atoms with van der Waals surface area (Å²) < 4.78 is 6.01. The van der Waals surface area contributed by atoms with Crippen molar-refractivity contribution in [3.63, 3.8) is 0 Å². The van der Waals surface area contributed by atoms with Gasteiger partial charge in [0.2, 0.25) is 0 Å². The first-order chi connectivity index (χ1) is 7.22. The van der Waals surface area contributed by atoms with Crippen LogP contribution < -0.4 is 0 Å². The van der Waals surface area contributed by atoms with Crippen LogP contribution in [0.5, 0.6) is 0 Å². The molecule has 0 unspecified atom stereocenters. The molecule has 0 radical (unpaired) electrons. The van der Waals surface area contributed by atoms with Gasteiger partial charge in [0, 0.05) is 10.4 Å². The third kappa shape index (κ3) is 1.97. The Labute approximate surface area is 97.1 Å². The summed E-state index contributed by atoms with van der Waals surface area (Å²) in [5.41, 5.74) is 0.983. The summed E-state index contributed by atoms with van der Waals surface area (Å²) in [5, 5.41) is 0. The highest BCUT2D eigenvalue weighted by atomic mass is 79.9. The van der Waals surface area contributed by atoms with Crippen molar-refractivity contribution in [2.24, 2.45) is 5.92 Å². The van der Waals surface area contributed by atoms with E-state index in [4.69, 9.17) is 4.74 Å². The number of esters is 1. The van der Waals surface area contributed by atoms with Crippen LogP contribution in [0.15, 0.2) is 41.4 Å². The molecule has 0 N–H and O–H groups in total. The summed E-state index contributed by atoms with van der Waals surface area (Å²) in [6, 6.07) is 7.75. The molecule has 0 aliphatic carbocycles. The third-order valence-electron chi connectivity index (χ3n) is 2.61. The van der Waals surface area contributed by atoms with Gasteiger partial charge in [-0.05, 0) is 17.7 Å². The van der Waals surface area contributed by atoms with Crippen molar-refractivity contribution in [3.05, 3.63) is 47.0 Å². The lowest BCUT2D eigenvalue weighted by Crippen LogP contribution is -2.11. The Morgan fingerprint density at radius 1 is 1.53 bits per heavy atom. The lowest BCUT2D eigenvalue weighted by Gasteiger charge is -2.11. The minimum absolute atomic E-state index is 0.0896. The summed E-state index contributed by atoms with van der Waals surface area (Å²) in [4.78, 5) is 11.6. The molecular weight excluding hydrogens is 256 g/mol. The van der Waals surface area contributed by atoms with Crippen molar-refractivity contribution in [2.45, 2.75) is 5.92 Å². The predicted octanol–water partition coefficient (Wildman–Crippen LogP) is 2.89. The second-order valence-corrected chi connectivity index (χ2v) is 4.48. The van der Waals surface area contributed by atoms with Gasteiger partial charge in [0.05, 0.1) is 12.5 Å². The summed E-state index contributed by atoms with van der Waals surface area (Å²) in [5.74, 6) is -0.259. The van der Waals surface area contributed by atoms with Gasteiger partial charge < -0.3 is 4.74 Å². The molecule has 1 saturated heterocycles. The molecule has 1 aliphatic heterocycles. The number of rotatable bonds is 2. The highest BCUT2D eigenvalue weighted by Gasteiger charge is 2.36. The van der Waals surface area contributed by atoms with Crippen LogP contribution in [0.2, 0.25) is 0 Å². The summed E-state index contributed by atoms with van der Waals surface area (Å²) in [6.45, 7) is 4.18. The molecule has 2 rings (SSSR count). The van der Waals surface area contributed by atoms with Crippen molar-refractivity contribution in [1.29, 1.82) is 0 Å². The van der Waals surface area contributed by atoms with Gasteiger partial charge in [-0.15, -0.1) is 6.58 Å².